The molecule has 5 nitrogen and oxygen atoms in total. The Kier molecular flexibility index (Phi) is 5.91. The highest BCUT2D eigenvalue weighted by Crippen LogP contribution is 2.52. The van der Waals surface area contributed by atoms with Crippen LogP contribution in [-0.2, 0) is 19.1 Å². The van der Waals surface area contributed by atoms with Gasteiger partial charge in [-0.3, -0.25) is 4.79 Å². The van der Waals surface area contributed by atoms with Crippen LogP contribution in [0.2, 0.25) is 0 Å². The molecule has 0 spiro atoms. The van der Waals surface area contributed by atoms with Crippen molar-refractivity contribution >= 4 is 17.7 Å². The van der Waals surface area contributed by atoms with E-state index in [1.165, 1.54) is 13.8 Å². The summed E-state index contributed by atoms with van der Waals surface area (Å²) < 4.78 is 89.9. The maximum absolute atomic E-state index is 13.4. The molecule has 1 fully saturated rings. The molecule has 1 aliphatic heterocycles. The Morgan fingerprint density at radius 3 is 1.96 bits per heavy atom. The maximum Gasteiger partial charge on any atom is 0.433 e. The normalized spacial score (nSPS) is 23.8. The molecule has 27 heavy (non-hydrogen) atoms. The zero-order valence-electron chi connectivity index (χ0n) is 14.4. The Morgan fingerprint density at radius 1 is 1.00 bits per heavy atom. The largest absolute Gasteiger partial charge is 0.465 e. The summed E-state index contributed by atoms with van der Waals surface area (Å²) in [5.41, 5.74) is -4.91. The number of halogens is 6. The SMILES string of the molecule is CCOC(=O)C1=C(C(F)(F)F)N=C(C(F)(F)F)C(C(=O)OCC)C1C1CC1. The number of hydrogen-bond acceptors (Lipinski definition) is 5. The molecule has 2 aliphatic rings. The number of ether oxygens (including phenoxy) is 2. The number of carbonyl (C=O) groups is 2. The van der Waals surface area contributed by atoms with Gasteiger partial charge >= 0.3 is 24.3 Å². The molecule has 0 amide bonds. The van der Waals surface area contributed by atoms with Gasteiger partial charge in [0.15, 0.2) is 5.70 Å². The molecule has 0 aromatic rings. The molecule has 0 bridgehead atoms. The Balaban J connectivity index is 2.74. The summed E-state index contributed by atoms with van der Waals surface area (Å²) in [5.74, 6) is -7.31. The summed E-state index contributed by atoms with van der Waals surface area (Å²) in [6, 6.07) is 0. The Morgan fingerprint density at radius 2 is 1.56 bits per heavy atom. The smallest absolute Gasteiger partial charge is 0.433 e. The third kappa shape index (κ3) is 4.44. The molecule has 0 saturated heterocycles. The average molecular weight is 401 g/mol. The Hall–Kier alpha value is -2.07. The van der Waals surface area contributed by atoms with Gasteiger partial charge in [0.25, 0.3) is 0 Å². The molecule has 1 saturated carbocycles. The van der Waals surface area contributed by atoms with Crippen LogP contribution in [0.15, 0.2) is 16.3 Å². The molecule has 2 unspecified atom stereocenters. The van der Waals surface area contributed by atoms with E-state index in [2.05, 4.69) is 14.5 Å². The standard InChI is InChI=1S/C16H17F6NO4/c1-3-26-13(24)9-8(7-5-6-7)10(14(25)27-4-2)12(16(20,21)22)23-11(9)15(17,18)19/h7-9H,3-6H2,1-2H3. The van der Waals surface area contributed by atoms with Gasteiger partial charge in [-0.25, -0.2) is 9.79 Å². The highest BCUT2D eigenvalue weighted by molar-refractivity contribution is 6.09. The maximum atomic E-state index is 13.4. The monoisotopic (exact) mass is 401 g/mol. The molecule has 0 aromatic carbocycles. The number of aliphatic imine (C=N–C) groups is 1. The number of esters is 2. The highest BCUT2D eigenvalue weighted by atomic mass is 19.4. The molecule has 1 aliphatic carbocycles. The second-order valence-corrected chi connectivity index (χ2v) is 6.07. The lowest BCUT2D eigenvalue weighted by Gasteiger charge is -2.33. The number of nitrogens with zero attached hydrogens (tertiary/aromatic N) is 1. The van der Waals surface area contributed by atoms with E-state index in [1.54, 1.807) is 0 Å². The molecule has 2 rings (SSSR count). The van der Waals surface area contributed by atoms with Gasteiger partial charge in [-0.05, 0) is 32.6 Å². The van der Waals surface area contributed by atoms with Crippen LogP contribution in [0.3, 0.4) is 0 Å². The van der Waals surface area contributed by atoms with Crippen LogP contribution in [0, 0.1) is 17.8 Å². The number of carbonyl (C=O) groups excluding carboxylic acids is 2. The second-order valence-electron chi connectivity index (χ2n) is 6.07. The van der Waals surface area contributed by atoms with Crippen LogP contribution < -0.4 is 0 Å². The van der Waals surface area contributed by atoms with E-state index in [1.807, 2.05) is 0 Å². The lowest BCUT2D eigenvalue weighted by molar-refractivity contribution is -0.150. The van der Waals surface area contributed by atoms with E-state index < -0.39 is 59.0 Å². The first-order valence-electron chi connectivity index (χ1n) is 8.24. The molecular weight excluding hydrogens is 384 g/mol. The minimum absolute atomic E-state index is 0.275. The van der Waals surface area contributed by atoms with Crippen LogP contribution >= 0.6 is 0 Å². The highest BCUT2D eigenvalue weighted by Gasteiger charge is 2.59. The van der Waals surface area contributed by atoms with Gasteiger partial charge in [0.05, 0.1) is 18.8 Å². The van der Waals surface area contributed by atoms with E-state index in [-0.39, 0.29) is 26.1 Å². The van der Waals surface area contributed by atoms with Crippen LogP contribution in [-0.4, -0.2) is 43.2 Å². The summed E-state index contributed by atoms with van der Waals surface area (Å²) in [7, 11) is 0. The third-order valence-electron chi connectivity index (χ3n) is 4.20. The van der Waals surface area contributed by atoms with E-state index in [9.17, 15) is 35.9 Å². The van der Waals surface area contributed by atoms with Crippen molar-refractivity contribution in [2.45, 2.75) is 39.0 Å². The molecule has 1 heterocycles. The van der Waals surface area contributed by atoms with Crippen molar-refractivity contribution in [2.75, 3.05) is 13.2 Å². The first-order chi connectivity index (χ1) is 12.4. The fourth-order valence-corrected chi connectivity index (χ4v) is 3.10. The molecule has 0 radical (unpaired) electrons. The summed E-state index contributed by atoms with van der Waals surface area (Å²) in [4.78, 5) is 27.1. The molecule has 11 heteroatoms. The predicted octanol–water partition coefficient (Wildman–Crippen LogP) is 3.59. The van der Waals surface area contributed by atoms with Gasteiger partial charge in [0, 0.05) is 5.92 Å². The topological polar surface area (TPSA) is 65.0 Å². The van der Waals surface area contributed by atoms with Gasteiger partial charge in [-0.15, -0.1) is 0 Å². The van der Waals surface area contributed by atoms with E-state index in [4.69, 9.17) is 0 Å². The minimum Gasteiger partial charge on any atom is -0.465 e. The van der Waals surface area contributed by atoms with Crippen LogP contribution in [0.25, 0.3) is 0 Å². The fourth-order valence-electron chi connectivity index (χ4n) is 3.10. The number of hydrogen-bond donors (Lipinski definition) is 0. The summed E-state index contributed by atoms with van der Waals surface area (Å²) in [5, 5.41) is 0. The summed E-state index contributed by atoms with van der Waals surface area (Å²) in [6.45, 7) is 2.13. The van der Waals surface area contributed by atoms with Gasteiger partial charge < -0.3 is 9.47 Å². The fraction of sp³-hybridized carbons (Fsp3) is 0.688. The summed E-state index contributed by atoms with van der Waals surface area (Å²) >= 11 is 0. The lowest BCUT2D eigenvalue weighted by Crippen LogP contribution is -2.47. The number of allylic oxidation sites excluding steroid dienone is 1. The molecule has 0 aromatic heterocycles. The molecular formula is C16H17F6NO4. The lowest BCUT2D eigenvalue weighted by atomic mass is 9.76. The van der Waals surface area contributed by atoms with Crippen molar-refractivity contribution in [3.8, 4) is 0 Å². The van der Waals surface area contributed by atoms with E-state index in [0.29, 0.717) is 0 Å². The third-order valence-corrected chi connectivity index (χ3v) is 4.20. The van der Waals surface area contributed by atoms with Crippen molar-refractivity contribution in [1.29, 1.82) is 0 Å². The first kappa shape index (κ1) is 21.2. The Labute approximate surface area is 150 Å². The van der Waals surface area contributed by atoms with Gasteiger partial charge in [-0.2, -0.15) is 26.3 Å². The van der Waals surface area contributed by atoms with Crippen LogP contribution in [0.1, 0.15) is 26.7 Å². The molecule has 2 atom stereocenters. The van der Waals surface area contributed by atoms with Crippen LogP contribution in [0.5, 0.6) is 0 Å². The minimum atomic E-state index is -5.33. The number of rotatable bonds is 5. The number of alkyl halides is 6. The van der Waals surface area contributed by atoms with E-state index in [0.717, 1.165) is 0 Å². The van der Waals surface area contributed by atoms with Gasteiger partial charge in [0.1, 0.15) is 11.6 Å². The zero-order chi connectivity index (χ0) is 20.6. The van der Waals surface area contributed by atoms with Crippen molar-refractivity contribution in [1.82, 2.24) is 0 Å². The average Bonchev–Trinajstić information content (AvgIpc) is 3.36. The van der Waals surface area contributed by atoms with Crippen molar-refractivity contribution in [2.24, 2.45) is 22.7 Å². The predicted molar refractivity (Wildman–Crippen MR) is 79.5 cm³/mol. The summed E-state index contributed by atoms with van der Waals surface area (Å²) in [6.07, 6.45) is -10.1. The first-order valence-corrected chi connectivity index (χ1v) is 8.24. The van der Waals surface area contributed by atoms with Crippen molar-refractivity contribution in [3.63, 3.8) is 0 Å². The Bertz CT molecular complexity index is 675. The van der Waals surface area contributed by atoms with Crippen molar-refractivity contribution < 1.29 is 45.4 Å². The second kappa shape index (κ2) is 7.51. The van der Waals surface area contributed by atoms with Gasteiger partial charge in [0.2, 0.25) is 0 Å². The quantitative estimate of drug-likeness (QED) is 0.522. The van der Waals surface area contributed by atoms with E-state index >= 15 is 0 Å². The van der Waals surface area contributed by atoms with Gasteiger partial charge in [-0.1, -0.05) is 0 Å². The van der Waals surface area contributed by atoms with Crippen LogP contribution in [0.4, 0.5) is 26.3 Å². The molecule has 152 valence electrons. The molecule has 0 N–H and O–H groups in total. The van der Waals surface area contributed by atoms with Crippen molar-refractivity contribution in [3.05, 3.63) is 11.3 Å². The zero-order valence-corrected chi connectivity index (χ0v) is 14.4.